The average molecular weight is 338 g/mol. The van der Waals surface area contributed by atoms with E-state index in [2.05, 4.69) is 21.0 Å². The highest BCUT2D eigenvalue weighted by atomic mass is 16.5. The van der Waals surface area contributed by atoms with Crippen molar-refractivity contribution in [3.05, 3.63) is 41.7 Å². The molecule has 0 unspecified atom stereocenters. The topological polar surface area (TPSA) is 61.2 Å². The van der Waals surface area contributed by atoms with Gasteiger partial charge in [-0.25, -0.2) is 4.98 Å². The number of aromatic nitrogens is 3. The van der Waals surface area contributed by atoms with Crippen LogP contribution in [0.25, 0.3) is 10.9 Å². The molecule has 0 bridgehead atoms. The summed E-state index contributed by atoms with van der Waals surface area (Å²) in [7, 11) is 3.29. The molecule has 0 amide bonds. The van der Waals surface area contributed by atoms with Gasteiger partial charge in [0.1, 0.15) is 5.82 Å². The van der Waals surface area contributed by atoms with E-state index in [4.69, 9.17) is 14.6 Å². The molecule has 2 heterocycles. The monoisotopic (exact) mass is 338 g/mol. The molecule has 2 aromatic heterocycles. The Hall–Kier alpha value is -2.76. The van der Waals surface area contributed by atoms with Gasteiger partial charge in [0.05, 0.1) is 36.9 Å². The minimum atomic E-state index is 0.553. The van der Waals surface area contributed by atoms with Crippen LogP contribution in [-0.4, -0.2) is 29.0 Å². The summed E-state index contributed by atoms with van der Waals surface area (Å²) in [5, 5.41) is 9.27. The summed E-state index contributed by atoms with van der Waals surface area (Å²) in [6.45, 7) is 2.70. The summed E-state index contributed by atoms with van der Waals surface area (Å²) in [6, 6.07) is 8.52. The maximum atomic E-state index is 5.37. The Kier molecular flexibility index (Phi) is 3.95. The van der Waals surface area contributed by atoms with Crippen LogP contribution in [0, 0.1) is 6.92 Å². The molecule has 4 rings (SSSR count). The van der Waals surface area contributed by atoms with Crippen molar-refractivity contribution in [3.63, 3.8) is 0 Å². The summed E-state index contributed by atoms with van der Waals surface area (Å²) in [4.78, 5) is 4.53. The molecule has 0 aliphatic heterocycles. The van der Waals surface area contributed by atoms with Gasteiger partial charge in [0.25, 0.3) is 0 Å². The minimum absolute atomic E-state index is 0.553. The van der Waals surface area contributed by atoms with Gasteiger partial charge < -0.3 is 14.8 Å². The fraction of sp³-hybridized carbons (Fsp3) is 0.368. The molecule has 25 heavy (non-hydrogen) atoms. The third kappa shape index (κ3) is 2.88. The van der Waals surface area contributed by atoms with E-state index in [1.165, 1.54) is 12.8 Å². The molecular weight excluding hydrogens is 316 g/mol. The molecular formula is C19H22N4O2. The summed E-state index contributed by atoms with van der Waals surface area (Å²) < 4.78 is 12.8. The zero-order valence-electron chi connectivity index (χ0n) is 14.7. The first-order chi connectivity index (χ1) is 12.2. The second kappa shape index (κ2) is 6.27. The lowest BCUT2D eigenvalue weighted by atomic mass is 10.2. The number of anilines is 1. The third-order valence-corrected chi connectivity index (χ3v) is 4.60. The number of pyridine rings is 1. The highest BCUT2D eigenvalue weighted by molar-refractivity contribution is 5.91. The Balaban J connectivity index is 1.61. The Morgan fingerprint density at radius 3 is 2.68 bits per heavy atom. The fourth-order valence-electron chi connectivity index (χ4n) is 3.17. The SMILES string of the molecule is COc1ccc(CNc2nccc3c2c(C)nn3C2CC2)cc1OC. The number of hydrogen-bond acceptors (Lipinski definition) is 5. The first-order valence-electron chi connectivity index (χ1n) is 8.50. The molecule has 6 nitrogen and oxygen atoms in total. The van der Waals surface area contributed by atoms with Crippen LogP contribution in [0.1, 0.15) is 30.1 Å². The summed E-state index contributed by atoms with van der Waals surface area (Å²) in [5.41, 5.74) is 3.28. The Morgan fingerprint density at radius 2 is 1.96 bits per heavy atom. The predicted octanol–water partition coefficient (Wildman–Crippen LogP) is 3.70. The van der Waals surface area contributed by atoms with Crippen molar-refractivity contribution in [2.24, 2.45) is 0 Å². The van der Waals surface area contributed by atoms with Gasteiger partial charge in [-0.2, -0.15) is 5.10 Å². The van der Waals surface area contributed by atoms with E-state index >= 15 is 0 Å². The maximum absolute atomic E-state index is 5.37. The molecule has 1 N–H and O–H groups in total. The van der Waals surface area contributed by atoms with Gasteiger partial charge in [-0.3, -0.25) is 4.68 Å². The number of ether oxygens (including phenoxy) is 2. The van der Waals surface area contributed by atoms with E-state index in [1.54, 1.807) is 14.2 Å². The molecule has 6 heteroatoms. The molecule has 1 aliphatic rings. The van der Waals surface area contributed by atoms with Gasteiger partial charge >= 0.3 is 0 Å². The van der Waals surface area contributed by atoms with Crippen molar-refractivity contribution in [1.29, 1.82) is 0 Å². The highest BCUT2D eigenvalue weighted by Gasteiger charge is 2.27. The predicted molar refractivity (Wildman–Crippen MR) is 97.4 cm³/mol. The lowest BCUT2D eigenvalue weighted by molar-refractivity contribution is 0.354. The van der Waals surface area contributed by atoms with E-state index in [0.29, 0.717) is 12.6 Å². The lowest BCUT2D eigenvalue weighted by Crippen LogP contribution is -2.03. The molecule has 0 spiro atoms. The molecule has 3 aromatic rings. The fourth-order valence-corrected chi connectivity index (χ4v) is 3.17. The molecule has 1 aliphatic carbocycles. The quantitative estimate of drug-likeness (QED) is 0.742. The summed E-state index contributed by atoms with van der Waals surface area (Å²) >= 11 is 0. The molecule has 0 radical (unpaired) electrons. The van der Waals surface area contributed by atoms with Crippen LogP contribution < -0.4 is 14.8 Å². The van der Waals surface area contributed by atoms with Crippen LogP contribution in [0.5, 0.6) is 11.5 Å². The number of nitrogens with one attached hydrogen (secondary N) is 1. The summed E-state index contributed by atoms with van der Waals surface area (Å²) in [6.07, 6.45) is 4.28. The molecule has 1 fully saturated rings. The van der Waals surface area contributed by atoms with Crippen LogP contribution in [-0.2, 0) is 6.54 Å². The van der Waals surface area contributed by atoms with Crippen LogP contribution in [0.2, 0.25) is 0 Å². The van der Waals surface area contributed by atoms with Crippen molar-refractivity contribution in [1.82, 2.24) is 14.8 Å². The van der Waals surface area contributed by atoms with Crippen LogP contribution >= 0.6 is 0 Å². The maximum Gasteiger partial charge on any atom is 0.161 e. The zero-order valence-corrected chi connectivity index (χ0v) is 14.7. The van der Waals surface area contributed by atoms with E-state index < -0.39 is 0 Å². The van der Waals surface area contributed by atoms with Gasteiger partial charge in [-0.1, -0.05) is 6.07 Å². The number of benzene rings is 1. The Labute approximate surface area is 146 Å². The Bertz CT molecular complexity index is 915. The van der Waals surface area contributed by atoms with Crippen LogP contribution in [0.4, 0.5) is 5.82 Å². The van der Waals surface area contributed by atoms with Gasteiger partial charge in [0.15, 0.2) is 11.5 Å². The minimum Gasteiger partial charge on any atom is -0.493 e. The van der Waals surface area contributed by atoms with Gasteiger partial charge in [0, 0.05) is 12.7 Å². The number of hydrogen-bond donors (Lipinski definition) is 1. The average Bonchev–Trinajstić information content (AvgIpc) is 3.43. The summed E-state index contributed by atoms with van der Waals surface area (Å²) in [5.74, 6) is 2.33. The van der Waals surface area contributed by atoms with E-state index in [0.717, 1.165) is 39.5 Å². The second-order valence-electron chi connectivity index (χ2n) is 6.36. The molecule has 1 saturated carbocycles. The second-order valence-corrected chi connectivity index (χ2v) is 6.36. The standard InChI is InChI=1S/C19H22N4O2/c1-12-18-15(23(22-12)14-5-6-14)8-9-20-19(18)21-11-13-4-7-16(24-2)17(10-13)25-3/h4,7-10,14H,5-6,11H2,1-3H3,(H,20,21). The number of aryl methyl sites for hydroxylation is 1. The zero-order chi connectivity index (χ0) is 17.4. The van der Waals surface area contributed by atoms with E-state index in [-0.39, 0.29) is 0 Å². The Morgan fingerprint density at radius 1 is 1.16 bits per heavy atom. The first-order valence-corrected chi connectivity index (χ1v) is 8.50. The van der Waals surface area contributed by atoms with E-state index in [1.807, 2.05) is 31.3 Å². The number of fused-ring (bicyclic) bond motifs is 1. The molecule has 1 aromatic carbocycles. The van der Waals surface area contributed by atoms with Crippen LogP contribution in [0.15, 0.2) is 30.5 Å². The van der Waals surface area contributed by atoms with Gasteiger partial charge in [-0.15, -0.1) is 0 Å². The number of methoxy groups -OCH3 is 2. The van der Waals surface area contributed by atoms with Crippen LogP contribution in [0.3, 0.4) is 0 Å². The highest BCUT2D eigenvalue weighted by Crippen LogP contribution is 2.38. The van der Waals surface area contributed by atoms with Crippen molar-refractivity contribution >= 4 is 16.7 Å². The van der Waals surface area contributed by atoms with Crippen molar-refractivity contribution in [2.75, 3.05) is 19.5 Å². The molecule has 0 saturated heterocycles. The smallest absolute Gasteiger partial charge is 0.161 e. The first kappa shape index (κ1) is 15.7. The normalized spacial score (nSPS) is 13.9. The largest absolute Gasteiger partial charge is 0.493 e. The molecule has 0 atom stereocenters. The van der Waals surface area contributed by atoms with Gasteiger partial charge in [-0.05, 0) is 43.5 Å². The van der Waals surface area contributed by atoms with E-state index in [9.17, 15) is 0 Å². The van der Waals surface area contributed by atoms with Crippen molar-refractivity contribution in [2.45, 2.75) is 32.4 Å². The number of nitrogens with zero attached hydrogens (tertiary/aromatic N) is 3. The van der Waals surface area contributed by atoms with Gasteiger partial charge in [0.2, 0.25) is 0 Å². The van der Waals surface area contributed by atoms with Crippen molar-refractivity contribution in [3.8, 4) is 11.5 Å². The number of rotatable bonds is 6. The lowest BCUT2D eigenvalue weighted by Gasteiger charge is -2.11. The van der Waals surface area contributed by atoms with Crippen molar-refractivity contribution < 1.29 is 9.47 Å². The third-order valence-electron chi connectivity index (χ3n) is 4.60. The molecule has 130 valence electrons.